The van der Waals surface area contributed by atoms with Crippen LogP contribution in [0.15, 0.2) is 43.2 Å². The minimum absolute atomic E-state index is 0.00779. The number of carbonyl (C=O) groups excluding carboxylic acids is 1. The molecule has 11 heteroatoms. The molecule has 2 atom stereocenters. The van der Waals surface area contributed by atoms with Crippen LogP contribution >= 0.6 is 11.6 Å². The van der Waals surface area contributed by atoms with Crippen molar-refractivity contribution in [3.63, 3.8) is 0 Å². The predicted octanol–water partition coefficient (Wildman–Crippen LogP) is 4.28. The standard InChI is InChI=1S/C25H25ClFN5O4/c1-2-21(33)32-10-9-15(12-32)36-20-8-6-18-24(31-20)25(29-14-28-18)30-17-5-7-19(22(26)23(17)27)35-13-16-4-3-11-34-16/h2,5-8,14-16H,1,3-4,9-13H2,(H,28,29,30)/t15-,16-/m0/s1. The zero-order chi connectivity index (χ0) is 25.1. The van der Waals surface area contributed by atoms with Crippen LogP contribution in [0.1, 0.15) is 19.3 Å². The Bertz CT molecular complexity index is 1290. The van der Waals surface area contributed by atoms with Crippen molar-refractivity contribution in [1.29, 1.82) is 0 Å². The summed E-state index contributed by atoms with van der Waals surface area (Å²) in [6, 6.07) is 6.58. The molecule has 5 rings (SSSR count). The fourth-order valence-electron chi connectivity index (χ4n) is 4.23. The summed E-state index contributed by atoms with van der Waals surface area (Å²) in [6.07, 6.45) is 5.03. The van der Waals surface area contributed by atoms with Crippen LogP contribution in [0.5, 0.6) is 11.6 Å². The third kappa shape index (κ3) is 5.19. The van der Waals surface area contributed by atoms with Crippen LogP contribution in [-0.4, -0.2) is 64.3 Å². The number of rotatable bonds is 8. The maximum Gasteiger partial charge on any atom is 0.246 e. The minimum Gasteiger partial charge on any atom is -0.489 e. The normalized spacial score (nSPS) is 19.4. The number of aromatic nitrogens is 3. The summed E-state index contributed by atoms with van der Waals surface area (Å²) in [5.41, 5.74) is 1.07. The van der Waals surface area contributed by atoms with Crippen LogP contribution in [0.2, 0.25) is 5.02 Å². The van der Waals surface area contributed by atoms with Gasteiger partial charge in [-0.25, -0.2) is 19.3 Å². The van der Waals surface area contributed by atoms with Gasteiger partial charge in [0.15, 0.2) is 11.6 Å². The molecule has 0 radical (unpaired) electrons. The molecule has 1 amide bonds. The molecule has 9 nitrogen and oxygen atoms in total. The highest BCUT2D eigenvalue weighted by molar-refractivity contribution is 6.32. The number of hydrogen-bond donors (Lipinski definition) is 1. The van der Waals surface area contributed by atoms with Gasteiger partial charge in [0.25, 0.3) is 0 Å². The lowest BCUT2D eigenvalue weighted by molar-refractivity contribution is -0.125. The van der Waals surface area contributed by atoms with Gasteiger partial charge in [0.1, 0.15) is 35.3 Å². The van der Waals surface area contributed by atoms with Crippen molar-refractivity contribution in [3.05, 3.63) is 54.1 Å². The minimum atomic E-state index is -0.668. The van der Waals surface area contributed by atoms with Crippen molar-refractivity contribution < 1.29 is 23.4 Å². The molecule has 0 saturated carbocycles. The topological polar surface area (TPSA) is 98.7 Å². The van der Waals surface area contributed by atoms with E-state index in [9.17, 15) is 4.79 Å². The molecule has 0 aliphatic carbocycles. The summed E-state index contributed by atoms with van der Waals surface area (Å²) < 4.78 is 32.3. The van der Waals surface area contributed by atoms with E-state index in [1.807, 2.05) is 0 Å². The third-order valence-corrected chi connectivity index (χ3v) is 6.48. The van der Waals surface area contributed by atoms with Gasteiger partial charge in [-0.1, -0.05) is 18.2 Å². The first-order valence-corrected chi connectivity index (χ1v) is 12.1. The van der Waals surface area contributed by atoms with Gasteiger partial charge in [0.2, 0.25) is 11.8 Å². The van der Waals surface area contributed by atoms with Gasteiger partial charge in [-0.15, -0.1) is 0 Å². The summed E-state index contributed by atoms with van der Waals surface area (Å²) in [6.45, 7) is 5.59. The maximum absolute atomic E-state index is 15.1. The number of hydrogen-bond acceptors (Lipinski definition) is 8. The van der Waals surface area contributed by atoms with Crippen molar-refractivity contribution in [2.45, 2.75) is 31.5 Å². The molecule has 0 bridgehead atoms. The van der Waals surface area contributed by atoms with Crippen LogP contribution in [0.4, 0.5) is 15.9 Å². The highest BCUT2D eigenvalue weighted by Crippen LogP contribution is 2.34. The fourth-order valence-corrected chi connectivity index (χ4v) is 4.45. The van der Waals surface area contributed by atoms with Gasteiger partial charge in [-0.05, 0) is 37.1 Å². The molecule has 188 valence electrons. The van der Waals surface area contributed by atoms with Crippen molar-refractivity contribution in [1.82, 2.24) is 19.9 Å². The molecular weight excluding hydrogens is 489 g/mol. The van der Waals surface area contributed by atoms with E-state index in [0.717, 1.165) is 12.8 Å². The number of halogens is 2. The Hall–Kier alpha value is -3.50. The summed E-state index contributed by atoms with van der Waals surface area (Å²) in [5, 5.41) is 2.83. The van der Waals surface area contributed by atoms with E-state index >= 15 is 4.39 Å². The maximum atomic E-state index is 15.1. The fraction of sp³-hybridized carbons (Fsp3) is 0.360. The quantitative estimate of drug-likeness (QED) is 0.445. The van der Waals surface area contributed by atoms with Crippen LogP contribution in [0.3, 0.4) is 0 Å². The van der Waals surface area contributed by atoms with Gasteiger partial charge in [0, 0.05) is 25.6 Å². The van der Waals surface area contributed by atoms with Gasteiger partial charge < -0.3 is 24.4 Å². The highest BCUT2D eigenvalue weighted by atomic mass is 35.5. The average molecular weight is 514 g/mol. The molecule has 2 aromatic heterocycles. The van der Waals surface area contributed by atoms with Crippen molar-refractivity contribution in [2.24, 2.45) is 0 Å². The van der Waals surface area contributed by atoms with E-state index < -0.39 is 5.82 Å². The summed E-state index contributed by atoms with van der Waals surface area (Å²) >= 11 is 6.25. The van der Waals surface area contributed by atoms with E-state index in [1.165, 1.54) is 18.5 Å². The molecule has 0 unspecified atom stereocenters. The molecule has 1 aromatic carbocycles. The van der Waals surface area contributed by atoms with E-state index in [0.29, 0.717) is 55.5 Å². The van der Waals surface area contributed by atoms with E-state index in [2.05, 4.69) is 26.8 Å². The lowest BCUT2D eigenvalue weighted by Gasteiger charge is -2.16. The molecule has 1 N–H and O–H groups in total. The molecule has 36 heavy (non-hydrogen) atoms. The van der Waals surface area contributed by atoms with Gasteiger partial charge >= 0.3 is 0 Å². The van der Waals surface area contributed by atoms with Crippen molar-refractivity contribution >= 4 is 40.0 Å². The van der Waals surface area contributed by atoms with Crippen LogP contribution in [0.25, 0.3) is 11.0 Å². The number of amides is 1. The van der Waals surface area contributed by atoms with Crippen LogP contribution in [-0.2, 0) is 9.53 Å². The van der Waals surface area contributed by atoms with Gasteiger partial charge in [-0.3, -0.25) is 4.79 Å². The molecule has 4 heterocycles. The van der Waals surface area contributed by atoms with Crippen LogP contribution in [0, 0.1) is 5.82 Å². The lowest BCUT2D eigenvalue weighted by Crippen LogP contribution is -2.29. The molecule has 0 spiro atoms. The first-order valence-electron chi connectivity index (χ1n) is 11.7. The number of benzene rings is 1. The first-order chi connectivity index (χ1) is 17.5. The molecule has 2 saturated heterocycles. The molecule has 2 fully saturated rings. The Kier molecular flexibility index (Phi) is 7.15. The van der Waals surface area contributed by atoms with Crippen molar-refractivity contribution in [3.8, 4) is 11.6 Å². The number of nitrogens with zero attached hydrogens (tertiary/aromatic N) is 4. The SMILES string of the molecule is C=CC(=O)N1CC[C@H](Oc2ccc3ncnc(Nc4ccc(OC[C@@H]5CCCO5)c(Cl)c4F)c3n2)C1. The number of pyridine rings is 1. The Labute approximate surface area is 212 Å². The number of anilines is 2. The molecule has 2 aliphatic heterocycles. The second kappa shape index (κ2) is 10.6. The number of carbonyl (C=O) groups is 1. The smallest absolute Gasteiger partial charge is 0.246 e. The van der Waals surface area contributed by atoms with E-state index in [-0.39, 0.29) is 34.6 Å². The number of likely N-dealkylation sites (tertiary alicyclic amines) is 1. The van der Waals surface area contributed by atoms with Gasteiger partial charge in [0.05, 0.1) is 23.9 Å². The van der Waals surface area contributed by atoms with Gasteiger partial charge in [-0.2, -0.15) is 0 Å². The molecule has 2 aliphatic rings. The number of ether oxygens (including phenoxy) is 3. The number of nitrogens with one attached hydrogen (secondary N) is 1. The molecular formula is C25H25ClFN5O4. The first kappa shape index (κ1) is 24.2. The van der Waals surface area contributed by atoms with Crippen molar-refractivity contribution in [2.75, 3.05) is 31.6 Å². The zero-order valence-electron chi connectivity index (χ0n) is 19.5. The summed E-state index contributed by atoms with van der Waals surface area (Å²) in [4.78, 5) is 26.5. The monoisotopic (exact) mass is 513 g/mol. The van der Waals surface area contributed by atoms with E-state index in [1.54, 1.807) is 23.1 Å². The number of fused-ring (bicyclic) bond motifs is 1. The molecule has 3 aromatic rings. The predicted molar refractivity (Wildman–Crippen MR) is 132 cm³/mol. The summed E-state index contributed by atoms with van der Waals surface area (Å²) in [5.74, 6) is 0.102. The largest absolute Gasteiger partial charge is 0.489 e. The van der Waals surface area contributed by atoms with Crippen LogP contribution < -0.4 is 14.8 Å². The Morgan fingerprint density at radius 2 is 2.19 bits per heavy atom. The Balaban J connectivity index is 1.32. The second-order valence-corrected chi connectivity index (χ2v) is 8.94. The van der Waals surface area contributed by atoms with E-state index in [4.69, 9.17) is 25.8 Å². The summed E-state index contributed by atoms with van der Waals surface area (Å²) in [7, 11) is 0. The third-order valence-electron chi connectivity index (χ3n) is 6.12. The zero-order valence-corrected chi connectivity index (χ0v) is 20.2. The lowest BCUT2D eigenvalue weighted by atomic mass is 10.2. The Morgan fingerprint density at radius 1 is 1.31 bits per heavy atom. The Morgan fingerprint density at radius 3 is 3.00 bits per heavy atom. The average Bonchev–Trinajstić information content (AvgIpc) is 3.59. The second-order valence-electron chi connectivity index (χ2n) is 8.57. The highest BCUT2D eigenvalue weighted by Gasteiger charge is 2.27.